The van der Waals surface area contributed by atoms with Gasteiger partial charge >= 0.3 is 23.9 Å². The molecule has 0 aliphatic heterocycles. The smallest absolute Gasteiger partial charge is 0.349 e. The van der Waals surface area contributed by atoms with Crippen molar-refractivity contribution in [1.29, 1.82) is 0 Å². The normalized spacial score (nSPS) is 12.9. The molecule has 0 radical (unpaired) electrons. The van der Waals surface area contributed by atoms with Crippen molar-refractivity contribution in [1.82, 2.24) is 0 Å². The van der Waals surface area contributed by atoms with Crippen molar-refractivity contribution in [2.45, 2.75) is 12.2 Å². The molecule has 10 heteroatoms. The van der Waals surface area contributed by atoms with Gasteiger partial charge in [0.15, 0.2) is 0 Å². The molecule has 4 N–H and O–H groups in total. The Morgan fingerprint density at radius 2 is 0.938 bits per heavy atom. The van der Waals surface area contributed by atoms with Crippen LogP contribution in [0.25, 0.3) is 12.2 Å². The van der Waals surface area contributed by atoms with Crippen LogP contribution in [0.3, 0.4) is 0 Å². The summed E-state index contributed by atoms with van der Waals surface area (Å²) in [5, 5.41) is 37.0. The number of hydrogen-bond donors (Lipinski definition) is 4. The number of carbonyl (C=O) groups excluding carboxylic acids is 2. The summed E-state index contributed by atoms with van der Waals surface area (Å²) in [5.74, 6) is -6.04. The topological polar surface area (TPSA) is 168 Å². The molecular weight excluding hydrogens is 424 g/mol. The van der Waals surface area contributed by atoms with Gasteiger partial charge in [-0.3, -0.25) is 0 Å². The van der Waals surface area contributed by atoms with Gasteiger partial charge in [-0.05, 0) is 47.5 Å². The van der Waals surface area contributed by atoms with Crippen LogP contribution in [0.2, 0.25) is 0 Å². The number of phenols is 2. The molecule has 2 rings (SSSR count). The summed E-state index contributed by atoms with van der Waals surface area (Å²) >= 11 is 0. The number of phenolic OH excluding ortho intramolecular Hbond substituents is 2. The minimum atomic E-state index is -2.31. The van der Waals surface area contributed by atoms with Crippen LogP contribution in [-0.4, -0.2) is 56.5 Å². The molecule has 32 heavy (non-hydrogen) atoms. The largest absolute Gasteiger partial charge is 0.508 e. The second kappa shape index (κ2) is 11.0. The number of rotatable bonds is 9. The van der Waals surface area contributed by atoms with Crippen LogP contribution in [0, 0.1) is 0 Å². The molecule has 0 saturated heterocycles. The van der Waals surface area contributed by atoms with E-state index >= 15 is 0 Å². The van der Waals surface area contributed by atoms with Gasteiger partial charge in [0.2, 0.25) is 12.2 Å². The van der Waals surface area contributed by atoms with Crippen LogP contribution in [0.1, 0.15) is 11.1 Å². The first-order chi connectivity index (χ1) is 15.2. The van der Waals surface area contributed by atoms with Crippen LogP contribution in [-0.2, 0) is 28.7 Å². The molecule has 10 nitrogen and oxygen atoms in total. The highest BCUT2D eigenvalue weighted by Crippen LogP contribution is 2.13. The van der Waals surface area contributed by atoms with Gasteiger partial charge in [-0.15, -0.1) is 0 Å². The lowest BCUT2D eigenvalue weighted by molar-refractivity contribution is -0.183. The fraction of sp³-hybridized carbons (Fsp3) is 0.0909. The van der Waals surface area contributed by atoms with Crippen molar-refractivity contribution in [3.8, 4) is 11.5 Å². The first kappa shape index (κ1) is 23.7. The Labute approximate surface area is 181 Å². The number of ether oxygens (including phenoxy) is 2. The minimum absolute atomic E-state index is 0.00115. The number of carboxylic acids is 2. The lowest BCUT2D eigenvalue weighted by Crippen LogP contribution is -2.45. The number of hydrogen-bond acceptors (Lipinski definition) is 8. The van der Waals surface area contributed by atoms with Crippen molar-refractivity contribution in [3.05, 3.63) is 71.8 Å². The van der Waals surface area contributed by atoms with Crippen molar-refractivity contribution in [2.24, 2.45) is 0 Å². The fourth-order valence-corrected chi connectivity index (χ4v) is 2.31. The quantitative estimate of drug-likeness (QED) is 0.332. The van der Waals surface area contributed by atoms with Gasteiger partial charge < -0.3 is 29.9 Å². The Morgan fingerprint density at radius 1 is 0.625 bits per heavy atom. The summed E-state index contributed by atoms with van der Waals surface area (Å²) in [6, 6.07) is 11.3. The average molecular weight is 442 g/mol. The number of aliphatic carboxylic acids is 2. The van der Waals surface area contributed by atoms with E-state index in [4.69, 9.17) is 0 Å². The molecule has 0 aliphatic carbocycles. The first-order valence-corrected chi connectivity index (χ1v) is 8.97. The summed E-state index contributed by atoms with van der Waals surface area (Å²) in [4.78, 5) is 46.8. The molecule has 0 fully saturated rings. The number of esters is 2. The van der Waals surface area contributed by atoms with Gasteiger partial charge in [-0.1, -0.05) is 24.3 Å². The lowest BCUT2D eigenvalue weighted by atomic mass is 10.2. The molecule has 0 unspecified atom stereocenters. The molecule has 0 amide bonds. The predicted molar refractivity (Wildman–Crippen MR) is 109 cm³/mol. The standard InChI is InChI=1S/C22H18O10/c23-15-7-1-13(2-8-15)5-11-17(25)31-19(21(27)28)20(22(29)30)32-18(26)12-6-14-3-9-16(24)10-4-14/h1-12,19-20,23-24H,(H,27,28)(H,29,30)/b11-5+,12-6+/t19-,20-/m0/s1. The van der Waals surface area contributed by atoms with E-state index in [2.05, 4.69) is 9.47 Å². The highest BCUT2D eigenvalue weighted by molar-refractivity contribution is 5.93. The zero-order valence-electron chi connectivity index (χ0n) is 16.3. The Morgan fingerprint density at radius 3 is 1.22 bits per heavy atom. The maximum atomic E-state index is 12.0. The second-order valence-electron chi connectivity index (χ2n) is 6.24. The summed E-state index contributed by atoms with van der Waals surface area (Å²) in [7, 11) is 0. The van der Waals surface area contributed by atoms with Crippen molar-refractivity contribution < 1.29 is 49.1 Å². The van der Waals surface area contributed by atoms with E-state index in [9.17, 15) is 39.6 Å². The van der Waals surface area contributed by atoms with Crippen molar-refractivity contribution >= 4 is 36.0 Å². The van der Waals surface area contributed by atoms with E-state index in [1.54, 1.807) is 0 Å². The van der Waals surface area contributed by atoms with Gasteiger partial charge in [0, 0.05) is 12.2 Å². The summed E-state index contributed by atoms with van der Waals surface area (Å²) in [6.07, 6.45) is -0.404. The van der Waals surface area contributed by atoms with Crippen molar-refractivity contribution in [3.63, 3.8) is 0 Å². The SMILES string of the molecule is O=C(/C=C/c1ccc(O)cc1)O[C@H](C(=O)O)[C@H](OC(=O)/C=C/c1ccc(O)cc1)C(=O)O. The van der Waals surface area contributed by atoms with Gasteiger partial charge in [0.05, 0.1) is 0 Å². The monoisotopic (exact) mass is 442 g/mol. The zero-order chi connectivity index (χ0) is 23.7. The van der Waals surface area contributed by atoms with Crippen LogP contribution in [0.15, 0.2) is 60.7 Å². The van der Waals surface area contributed by atoms with E-state index in [0.29, 0.717) is 11.1 Å². The summed E-state index contributed by atoms with van der Waals surface area (Å²) in [6.45, 7) is 0. The lowest BCUT2D eigenvalue weighted by Gasteiger charge is -2.19. The molecule has 0 aromatic heterocycles. The molecule has 0 bridgehead atoms. The number of benzene rings is 2. The number of carbonyl (C=O) groups is 4. The van der Waals surface area contributed by atoms with Crippen LogP contribution < -0.4 is 0 Å². The third-order valence-electron chi connectivity index (χ3n) is 3.86. The van der Waals surface area contributed by atoms with E-state index in [1.807, 2.05) is 0 Å². The maximum Gasteiger partial charge on any atom is 0.349 e. The van der Waals surface area contributed by atoms with Crippen LogP contribution in [0.4, 0.5) is 0 Å². The third-order valence-corrected chi connectivity index (χ3v) is 3.86. The van der Waals surface area contributed by atoms with Crippen LogP contribution >= 0.6 is 0 Å². The molecule has 2 aromatic rings. The Kier molecular flexibility index (Phi) is 8.12. The van der Waals surface area contributed by atoms with E-state index in [0.717, 1.165) is 12.2 Å². The molecule has 0 aliphatic rings. The van der Waals surface area contributed by atoms with Gasteiger partial charge in [-0.2, -0.15) is 0 Å². The first-order valence-electron chi connectivity index (χ1n) is 8.97. The predicted octanol–water partition coefficient (Wildman–Crippen LogP) is 1.82. The zero-order valence-corrected chi connectivity index (χ0v) is 16.3. The van der Waals surface area contributed by atoms with Crippen LogP contribution in [0.5, 0.6) is 11.5 Å². The number of aromatic hydroxyl groups is 2. The maximum absolute atomic E-state index is 12.0. The molecule has 2 atom stereocenters. The molecule has 0 heterocycles. The minimum Gasteiger partial charge on any atom is -0.508 e. The fourth-order valence-electron chi connectivity index (χ4n) is 2.31. The van der Waals surface area contributed by atoms with Gasteiger partial charge in [-0.25, -0.2) is 19.2 Å². The summed E-state index contributed by atoms with van der Waals surface area (Å²) in [5.41, 5.74) is 0.958. The highest BCUT2D eigenvalue weighted by atomic mass is 16.6. The molecule has 0 saturated carbocycles. The Balaban J connectivity index is 2.07. The molecule has 0 spiro atoms. The highest BCUT2D eigenvalue weighted by Gasteiger charge is 2.40. The third kappa shape index (κ3) is 7.34. The molecule has 166 valence electrons. The average Bonchev–Trinajstić information content (AvgIpc) is 2.75. The van der Waals surface area contributed by atoms with Gasteiger partial charge in [0.25, 0.3) is 0 Å². The Hall–Kier alpha value is -4.60. The Bertz CT molecular complexity index is 950. The van der Waals surface area contributed by atoms with Crippen molar-refractivity contribution in [2.75, 3.05) is 0 Å². The second-order valence-corrected chi connectivity index (χ2v) is 6.24. The van der Waals surface area contributed by atoms with E-state index in [-0.39, 0.29) is 11.5 Å². The van der Waals surface area contributed by atoms with E-state index in [1.165, 1.54) is 60.7 Å². The van der Waals surface area contributed by atoms with E-state index < -0.39 is 36.1 Å². The van der Waals surface area contributed by atoms with Gasteiger partial charge in [0.1, 0.15) is 11.5 Å². The summed E-state index contributed by atoms with van der Waals surface area (Å²) < 4.78 is 9.35. The molecule has 2 aromatic carbocycles. The number of carboxylic acid groups (broad SMARTS) is 2. The molecular formula is C22H18O10.